The summed E-state index contributed by atoms with van der Waals surface area (Å²) < 4.78 is 17.1. The third kappa shape index (κ3) is 6.95. The molecule has 0 aliphatic rings. The molecule has 1 unspecified atom stereocenters. The van der Waals surface area contributed by atoms with Crippen LogP contribution in [0.2, 0.25) is 0 Å². The molecule has 0 heterocycles. The zero-order valence-corrected chi connectivity index (χ0v) is 12.6. The van der Waals surface area contributed by atoms with Gasteiger partial charge >= 0.3 is 8.80 Å². The lowest BCUT2D eigenvalue weighted by atomic mass is 10.2. The lowest BCUT2D eigenvalue weighted by Gasteiger charge is -2.25. The molecule has 0 aromatic carbocycles. The van der Waals surface area contributed by atoms with Crippen LogP contribution in [0.4, 0.5) is 0 Å². The van der Waals surface area contributed by atoms with Crippen molar-refractivity contribution in [2.75, 3.05) is 19.8 Å². The molecule has 0 aliphatic heterocycles. The molecule has 0 bridgehead atoms. The van der Waals surface area contributed by atoms with Gasteiger partial charge in [0.25, 0.3) is 0 Å². The standard InChI is InChI=1S/C12H27NO3Si/c1-5-9-12(13)10-11-17(14-6-2,15-7-3)16-8-4/h10-12H,5-9,13H2,1-4H3. The maximum Gasteiger partial charge on any atom is 0.529 e. The van der Waals surface area contributed by atoms with Gasteiger partial charge in [-0.05, 0) is 32.9 Å². The Bertz CT molecular complexity index is 195. The molecule has 0 fully saturated rings. The van der Waals surface area contributed by atoms with Crippen LogP contribution in [0.15, 0.2) is 11.8 Å². The zero-order chi connectivity index (χ0) is 13.1. The molecule has 0 saturated carbocycles. The van der Waals surface area contributed by atoms with E-state index in [0.717, 1.165) is 12.8 Å². The largest absolute Gasteiger partial charge is 0.529 e. The molecule has 0 aromatic heterocycles. The number of hydrogen-bond acceptors (Lipinski definition) is 4. The second-order valence-electron chi connectivity index (χ2n) is 3.71. The molecule has 0 saturated heterocycles. The minimum absolute atomic E-state index is 0.0493. The van der Waals surface area contributed by atoms with E-state index in [9.17, 15) is 0 Å². The topological polar surface area (TPSA) is 53.7 Å². The van der Waals surface area contributed by atoms with Gasteiger partial charge in [0.1, 0.15) is 0 Å². The van der Waals surface area contributed by atoms with E-state index in [1.54, 1.807) is 0 Å². The van der Waals surface area contributed by atoms with Crippen molar-refractivity contribution in [3.63, 3.8) is 0 Å². The molecule has 17 heavy (non-hydrogen) atoms. The highest BCUT2D eigenvalue weighted by atomic mass is 28.4. The van der Waals surface area contributed by atoms with Crippen LogP contribution in [0, 0.1) is 0 Å². The fourth-order valence-electron chi connectivity index (χ4n) is 1.54. The summed E-state index contributed by atoms with van der Waals surface area (Å²) in [6.45, 7) is 9.70. The lowest BCUT2D eigenvalue weighted by Crippen LogP contribution is -2.44. The molecular weight excluding hydrogens is 234 g/mol. The van der Waals surface area contributed by atoms with Crippen molar-refractivity contribution in [1.29, 1.82) is 0 Å². The summed E-state index contributed by atoms with van der Waals surface area (Å²) in [6, 6.07) is 0.0493. The highest BCUT2D eigenvalue weighted by Crippen LogP contribution is 2.12. The van der Waals surface area contributed by atoms with Crippen LogP contribution in [-0.2, 0) is 13.3 Å². The second-order valence-corrected chi connectivity index (χ2v) is 6.12. The van der Waals surface area contributed by atoms with Gasteiger partial charge < -0.3 is 19.0 Å². The van der Waals surface area contributed by atoms with Crippen molar-refractivity contribution in [2.24, 2.45) is 5.73 Å². The Balaban J connectivity index is 4.62. The summed E-state index contributed by atoms with van der Waals surface area (Å²) in [5, 5.41) is 0. The summed E-state index contributed by atoms with van der Waals surface area (Å²) in [7, 11) is -2.65. The average Bonchev–Trinajstić information content (AvgIpc) is 2.28. The molecule has 0 aliphatic carbocycles. The first-order valence-electron chi connectivity index (χ1n) is 6.50. The van der Waals surface area contributed by atoms with E-state index in [2.05, 4.69) is 6.92 Å². The fraction of sp³-hybridized carbons (Fsp3) is 0.833. The molecule has 0 spiro atoms. The first-order chi connectivity index (χ1) is 8.14. The Labute approximate surface area is 106 Å². The van der Waals surface area contributed by atoms with Crippen LogP contribution in [0.1, 0.15) is 40.5 Å². The van der Waals surface area contributed by atoms with Crippen molar-refractivity contribution in [2.45, 2.75) is 46.6 Å². The van der Waals surface area contributed by atoms with Crippen molar-refractivity contribution in [1.82, 2.24) is 0 Å². The normalized spacial score (nSPS) is 14.4. The zero-order valence-electron chi connectivity index (χ0n) is 11.6. The lowest BCUT2D eigenvalue weighted by molar-refractivity contribution is 0.0841. The van der Waals surface area contributed by atoms with E-state index in [-0.39, 0.29) is 6.04 Å². The first-order valence-corrected chi connectivity index (χ1v) is 8.31. The third-order valence-corrected chi connectivity index (χ3v) is 4.88. The first kappa shape index (κ1) is 16.8. The number of hydrogen-bond donors (Lipinski definition) is 1. The van der Waals surface area contributed by atoms with Crippen LogP contribution in [0.3, 0.4) is 0 Å². The summed E-state index contributed by atoms with van der Waals surface area (Å²) in [4.78, 5) is 0. The molecule has 0 aromatic rings. The summed E-state index contributed by atoms with van der Waals surface area (Å²) in [5.41, 5.74) is 7.87. The van der Waals surface area contributed by atoms with Crippen LogP contribution >= 0.6 is 0 Å². The van der Waals surface area contributed by atoms with Crippen LogP contribution in [0.25, 0.3) is 0 Å². The predicted octanol–water partition coefficient (Wildman–Crippen LogP) is 2.26. The molecule has 5 heteroatoms. The van der Waals surface area contributed by atoms with Gasteiger partial charge in [-0.1, -0.05) is 19.4 Å². The highest BCUT2D eigenvalue weighted by Gasteiger charge is 2.37. The predicted molar refractivity (Wildman–Crippen MR) is 72.7 cm³/mol. The third-order valence-electron chi connectivity index (χ3n) is 2.21. The Hall–Kier alpha value is -0.203. The minimum atomic E-state index is -2.65. The van der Waals surface area contributed by atoms with Gasteiger partial charge in [0.2, 0.25) is 0 Å². The minimum Gasteiger partial charge on any atom is -0.371 e. The second kappa shape index (κ2) is 9.79. The van der Waals surface area contributed by atoms with E-state index in [1.165, 1.54) is 0 Å². The highest BCUT2D eigenvalue weighted by molar-refractivity contribution is 6.66. The molecule has 0 rings (SSSR count). The molecule has 4 nitrogen and oxygen atoms in total. The van der Waals surface area contributed by atoms with E-state index in [4.69, 9.17) is 19.0 Å². The van der Waals surface area contributed by atoms with Crippen molar-refractivity contribution >= 4 is 8.80 Å². The van der Waals surface area contributed by atoms with Crippen LogP contribution < -0.4 is 5.73 Å². The smallest absolute Gasteiger partial charge is 0.371 e. The van der Waals surface area contributed by atoms with Gasteiger partial charge in [0.15, 0.2) is 0 Å². The van der Waals surface area contributed by atoms with Gasteiger partial charge in [-0.25, -0.2) is 0 Å². The van der Waals surface area contributed by atoms with E-state index < -0.39 is 8.80 Å². The molecule has 102 valence electrons. The van der Waals surface area contributed by atoms with Gasteiger partial charge in [-0.15, -0.1) is 0 Å². The van der Waals surface area contributed by atoms with Gasteiger partial charge in [0.05, 0.1) is 0 Å². The van der Waals surface area contributed by atoms with Crippen LogP contribution in [0.5, 0.6) is 0 Å². The Morgan fingerprint density at radius 3 is 1.82 bits per heavy atom. The van der Waals surface area contributed by atoms with Gasteiger partial charge in [0, 0.05) is 25.9 Å². The molecular formula is C12H27NO3Si. The Kier molecular flexibility index (Phi) is 9.67. The van der Waals surface area contributed by atoms with E-state index >= 15 is 0 Å². The molecule has 2 N–H and O–H groups in total. The number of nitrogens with two attached hydrogens (primary N) is 1. The maximum absolute atomic E-state index is 5.95. The van der Waals surface area contributed by atoms with Crippen molar-refractivity contribution in [3.8, 4) is 0 Å². The Morgan fingerprint density at radius 1 is 1.00 bits per heavy atom. The van der Waals surface area contributed by atoms with E-state index in [1.807, 2.05) is 32.5 Å². The molecule has 0 amide bonds. The summed E-state index contributed by atoms with van der Waals surface area (Å²) >= 11 is 0. The van der Waals surface area contributed by atoms with Gasteiger partial charge in [-0.2, -0.15) is 0 Å². The SMILES string of the molecule is CCCC(N)C=C[Si](OCC)(OCC)OCC. The quantitative estimate of drug-likeness (QED) is 0.613. The van der Waals surface area contributed by atoms with Crippen molar-refractivity contribution in [3.05, 3.63) is 11.8 Å². The maximum atomic E-state index is 5.95. The van der Waals surface area contributed by atoms with Gasteiger partial charge in [-0.3, -0.25) is 0 Å². The summed E-state index contributed by atoms with van der Waals surface area (Å²) in [6.07, 6.45) is 3.99. The monoisotopic (exact) mass is 261 g/mol. The molecule has 0 radical (unpaired) electrons. The Morgan fingerprint density at radius 2 is 1.47 bits per heavy atom. The van der Waals surface area contributed by atoms with Crippen LogP contribution in [-0.4, -0.2) is 34.7 Å². The number of rotatable bonds is 10. The fourth-order valence-corrected chi connectivity index (χ4v) is 3.77. The summed E-state index contributed by atoms with van der Waals surface area (Å²) in [5.74, 6) is 0. The molecule has 1 atom stereocenters. The van der Waals surface area contributed by atoms with E-state index in [0.29, 0.717) is 19.8 Å². The van der Waals surface area contributed by atoms with Crippen molar-refractivity contribution < 1.29 is 13.3 Å². The average molecular weight is 261 g/mol.